The Morgan fingerprint density at radius 2 is 2.06 bits per heavy atom. The minimum atomic E-state index is -0.537. The molecule has 0 unspecified atom stereocenters. The normalized spacial score (nSPS) is 18.4. The maximum Gasteiger partial charge on any atom is 0.0819 e. The van der Waals surface area contributed by atoms with Crippen molar-refractivity contribution in [3.63, 3.8) is 0 Å². The average molecular weight is 229 g/mol. The van der Waals surface area contributed by atoms with E-state index in [1.807, 2.05) is 24.3 Å². The molecule has 0 aliphatic heterocycles. The molecule has 1 aliphatic carbocycles. The van der Waals surface area contributed by atoms with Gasteiger partial charge < -0.3 is 10.4 Å². The lowest BCUT2D eigenvalue weighted by Gasteiger charge is -2.32. The highest BCUT2D eigenvalue weighted by Gasteiger charge is 2.28. The molecule has 0 aromatic heterocycles. The number of hydrogen-bond acceptors (Lipinski definition) is 2. The molecule has 1 aliphatic rings. The molecule has 1 saturated carbocycles. The molecule has 2 rings (SSSR count). The molecule has 0 saturated heterocycles. The lowest BCUT2D eigenvalue weighted by atomic mass is 9.85. The number of nitrogens with one attached hydrogen (secondary N) is 1. The van der Waals surface area contributed by atoms with Crippen LogP contribution in [0.1, 0.15) is 37.7 Å². The van der Waals surface area contributed by atoms with E-state index >= 15 is 0 Å². The van der Waals surface area contributed by atoms with Gasteiger partial charge in [0, 0.05) is 17.8 Å². The van der Waals surface area contributed by atoms with E-state index in [2.05, 4.69) is 11.2 Å². The van der Waals surface area contributed by atoms with Gasteiger partial charge in [0.15, 0.2) is 0 Å². The highest BCUT2D eigenvalue weighted by Crippen LogP contribution is 2.28. The number of hydrogen-bond donors (Lipinski definition) is 2. The van der Waals surface area contributed by atoms with Gasteiger partial charge in [-0.25, -0.2) is 0 Å². The summed E-state index contributed by atoms with van der Waals surface area (Å²) < 4.78 is 0. The fourth-order valence-corrected chi connectivity index (χ4v) is 2.37. The number of anilines is 1. The Kier molecular flexibility index (Phi) is 3.71. The second-order valence-electron chi connectivity index (χ2n) is 4.86. The minimum absolute atomic E-state index is 0.537. The van der Waals surface area contributed by atoms with Crippen LogP contribution in [-0.2, 0) is 0 Å². The molecule has 90 valence electrons. The third kappa shape index (κ3) is 3.25. The van der Waals surface area contributed by atoms with Crippen LogP contribution in [0, 0.1) is 12.3 Å². The summed E-state index contributed by atoms with van der Waals surface area (Å²) >= 11 is 0. The van der Waals surface area contributed by atoms with Gasteiger partial charge in [-0.05, 0) is 31.0 Å². The van der Waals surface area contributed by atoms with Gasteiger partial charge in [-0.2, -0.15) is 0 Å². The zero-order chi connectivity index (χ0) is 12.1. The molecule has 2 nitrogen and oxygen atoms in total. The van der Waals surface area contributed by atoms with Gasteiger partial charge in [0.1, 0.15) is 0 Å². The van der Waals surface area contributed by atoms with Gasteiger partial charge in [0.2, 0.25) is 0 Å². The topological polar surface area (TPSA) is 32.3 Å². The molecule has 0 radical (unpaired) electrons. The molecule has 1 aromatic carbocycles. The van der Waals surface area contributed by atoms with E-state index in [-0.39, 0.29) is 0 Å². The van der Waals surface area contributed by atoms with E-state index < -0.39 is 5.60 Å². The quantitative estimate of drug-likeness (QED) is 0.781. The Bertz CT molecular complexity index is 413. The van der Waals surface area contributed by atoms with E-state index in [1.54, 1.807) is 0 Å². The number of terminal acetylenes is 1. The third-order valence-electron chi connectivity index (χ3n) is 3.44. The first kappa shape index (κ1) is 12.0. The van der Waals surface area contributed by atoms with E-state index in [1.165, 1.54) is 6.42 Å². The van der Waals surface area contributed by atoms with Gasteiger partial charge in [0.25, 0.3) is 0 Å². The van der Waals surface area contributed by atoms with E-state index in [9.17, 15) is 5.11 Å². The molecule has 0 amide bonds. The zero-order valence-corrected chi connectivity index (χ0v) is 10.1. The molecule has 0 atom stereocenters. The van der Waals surface area contributed by atoms with Crippen LogP contribution in [0.3, 0.4) is 0 Å². The van der Waals surface area contributed by atoms with Crippen LogP contribution in [0.15, 0.2) is 24.3 Å². The Labute approximate surface area is 103 Å². The highest BCUT2D eigenvalue weighted by molar-refractivity contribution is 5.50. The standard InChI is InChI=1S/C15H19NO/c1-2-13-7-6-8-14(11-13)16-12-15(17)9-4-3-5-10-15/h1,6-8,11,16-17H,3-5,9-10,12H2. The molecule has 1 aromatic rings. The lowest BCUT2D eigenvalue weighted by Crippen LogP contribution is -2.38. The summed E-state index contributed by atoms with van der Waals surface area (Å²) in [4.78, 5) is 0. The molecule has 1 fully saturated rings. The van der Waals surface area contributed by atoms with E-state index in [4.69, 9.17) is 6.42 Å². The third-order valence-corrected chi connectivity index (χ3v) is 3.44. The zero-order valence-electron chi connectivity index (χ0n) is 10.1. The first-order valence-corrected chi connectivity index (χ1v) is 6.25. The van der Waals surface area contributed by atoms with Gasteiger partial charge in [0.05, 0.1) is 5.60 Å². The summed E-state index contributed by atoms with van der Waals surface area (Å²) in [6, 6.07) is 7.75. The van der Waals surface area contributed by atoms with Crippen LogP contribution >= 0.6 is 0 Å². The molecule has 0 bridgehead atoms. The molecule has 2 N–H and O–H groups in total. The van der Waals surface area contributed by atoms with Gasteiger partial charge in [-0.15, -0.1) is 6.42 Å². The van der Waals surface area contributed by atoms with Crippen LogP contribution in [0.25, 0.3) is 0 Å². The molecule has 0 heterocycles. The first-order chi connectivity index (χ1) is 8.22. The van der Waals surface area contributed by atoms with Crippen molar-refractivity contribution in [3.05, 3.63) is 29.8 Å². The van der Waals surface area contributed by atoms with Crippen molar-refractivity contribution in [2.24, 2.45) is 0 Å². The van der Waals surface area contributed by atoms with Crippen LogP contribution in [0.2, 0.25) is 0 Å². The van der Waals surface area contributed by atoms with E-state index in [0.717, 1.165) is 36.9 Å². The second-order valence-corrected chi connectivity index (χ2v) is 4.86. The van der Waals surface area contributed by atoms with Crippen LogP contribution in [0.5, 0.6) is 0 Å². The highest BCUT2D eigenvalue weighted by atomic mass is 16.3. The Morgan fingerprint density at radius 1 is 1.29 bits per heavy atom. The van der Waals surface area contributed by atoms with Crippen LogP contribution in [0.4, 0.5) is 5.69 Å². The smallest absolute Gasteiger partial charge is 0.0819 e. The average Bonchev–Trinajstić information content (AvgIpc) is 2.38. The Morgan fingerprint density at radius 3 is 2.76 bits per heavy atom. The minimum Gasteiger partial charge on any atom is -0.388 e. The summed E-state index contributed by atoms with van der Waals surface area (Å²) in [5.41, 5.74) is 1.31. The number of rotatable bonds is 3. The van der Waals surface area contributed by atoms with Crippen molar-refractivity contribution < 1.29 is 5.11 Å². The Hall–Kier alpha value is -1.46. The maximum absolute atomic E-state index is 10.4. The van der Waals surface area contributed by atoms with E-state index in [0.29, 0.717) is 6.54 Å². The first-order valence-electron chi connectivity index (χ1n) is 6.25. The SMILES string of the molecule is C#Cc1cccc(NCC2(O)CCCCC2)c1. The van der Waals surface area contributed by atoms with Gasteiger partial charge in [-0.3, -0.25) is 0 Å². The largest absolute Gasteiger partial charge is 0.388 e. The summed E-state index contributed by atoms with van der Waals surface area (Å²) in [6.45, 7) is 0.612. The molecule has 0 spiro atoms. The molecule has 2 heteroatoms. The summed E-state index contributed by atoms with van der Waals surface area (Å²) in [5, 5.41) is 13.6. The number of aliphatic hydroxyl groups is 1. The lowest BCUT2D eigenvalue weighted by molar-refractivity contribution is 0.0167. The summed E-state index contributed by atoms with van der Waals surface area (Å²) in [5.74, 6) is 2.61. The predicted octanol–water partition coefficient (Wildman–Crippen LogP) is 2.78. The maximum atomic E-state index is 10.4. The second kappa shape index (κ2) is 5.25. The summed E-state index contributed by atoms with van der Waals surface area (Å²) in [6.07, 6.45) is 10.7. The monoisotopic (exact) mass is 229 g/mol. The van der Waals surface area contributed by atoms with Crippen molar-refractivity contribution in [2.75, 3.05) is 11.9 Å². The molecular formula is C15H19NO. The molecule has 17 heavy (non-hydrogen) atoms. The van der Waals surface area contributed by atoms with Crippen molar-refractivity contribution in [2.45, 2.75) is 37.7 Å². The fraction of sp³-hybridized carbons (Fsp3) is 0.467. The van der Waals surface area contributed by atoms with Gasteiger partial charge >= 0.3 is 0 Å². The van der Waals surface area contributed by atoms with Gasteiger partial charge in [-0.1, -0.05) is 31.2 Å². The van der Waals surface area contributed by atoms with Crippen LogP contribution < -0.4 is 5.32 Å². The van der Waals surface area contributed by atoms with Crippen molar-refractivity contribution in [1.29, 1.82) is 0 Å². The fourth-order valence-electron chi connectivity index (χ4n) is 2.37. The Balaban J connectivity index is 1.95. The molecular weight excluding hydrogens is 210 g/mol. The van der Waals surface area contributed by atoms with Crippen molar-refractivity contribution in [1.82, 2.24) is 0 Å². The number of benzene rings is 1. The van der Waals surface area contributed by atoms with Crippen LogP contribution in [-0.4, -0.2) is 17.3 Å². The van der Waals surface area contributed by atoms with Crippen molar-refractivity contribution >= 4 is 5.69 Å². The predicted molar refractivity (Wildman–Crippen MR) is 70.9 cm³/mol. The summed E-state index contributed by atoms with van der Waals surface area (Å²) in [7, 11) is 0. The van der Waals surface area contributed by atoms with Crippen molar-refractivity contribution in [3.8, 4) is 12.3 Å².